The number of hydrogen-bond acceptors (Lipinski definition) is 5. The number of H-pyrrole nitrogens is 1. The van der Waals surface area contributed by atoms with Gasteiger partial charge in [0.15, 0.2) is 17.5 Å². The lowest BCUT2D eigenvalue weighted by Crippen LogP contribution is -2.41. The minimum atomic E-state index is -4.51. The average molecular weight is 396 g/mol. The van der Waals surface area contributed by atoms with Crippen molar-refractivity contribution in [3.63, 3.8) is 0 Å². The van der Waals surface area contributed by atoms with E-state index in [1.165, 1.54) is 7.05 Å². The van der Waals surface area contributed by atoms with E-state index in [9.17, 15) is 22.4 Å². The van der Waals surface area contributed by atoms with E-state index in [0.717, 1.165) is 23.5 Å². The molecule has 3 heterocycles. The molecule has 11 heteroatoms. The summed E-state index contributed by atoms with van der Waals surface area (Å²) in [6, 6.07) is 3.43. The Kier molecular flexibility index (Phi) is 5.16. The van der Waals surface area contributed by atoms with E-state index in [2.05, 4.69) is 19.9 Å². The van der Waals surface area contributed by atoms with Crippen LogP contribution in [0.4, 0.5) is 23.4 Å². The zero-order valence-corrected chi connectivity index (χ0v) is 15.0. The number of amides is 1. The van der Waals surface area contributed by atoms with Crippen LogP contribution in [-0.2, 0) is 4.79 Å². The topological polar surface area (TPSA) is 78.0 Å². The van der Waals surface area contributed by atoms with Crippen LogP contribution in [0.15, 0.2) is 30.7 Å². The fraction of sp³-hybridized carbons (Fsp3) is 0.294. The highest BCUT2D eigenvalue weighted by molar-refractivity contribution is 5.91. The van der Waals surface area contributed by atoms with Crippen molar-refractivity contribution in [2.45, 2.75) is 6.18 Å². The molecule has 0 spiro atoms. The van der Waals surface area contributed by atoms with Gasteiger partial charge in [-0.25, -0.2) is 19.3 Å². The summed E-state index contributed by atoms with van der Waals surface area (Å²) < 4.78 is 51.5. The summed E-state index contributed by atoms with van der Waals surface area (Å²) in [6.45, 7) is -1.87. The van der Waals surface area contributed by atoms with E-state index in [-0.39, 0.29) is 11.6 Å². The van der Waals surface area contributed by atoms with Gasteiger partial charge in [-0.3, -0.25) is 4.79 Å². The molecule has 0 aliphatic heterocycles. The van der Waals surface area contributed by atoms with Crippen molar-refractivity contribution < 1.29 is 22.4 Å². The fourth-order valence-corrected chi connectivity index (χ4v) is 2.67. The number of nitrogens with zero attached hydrogens (tertiary/aromatic N) is 5. The first-order valence-electron chi connectivity index (χ1n) is 8.12. The molecule has 0 fully saturated rings. The van der Waals surface area contributed by atoms with Crippen LogP contribution in [-0.4, -0.2) is 64.1 Å². The number of anilines is 1. The van der Waals surface area contributed by atoms with Crippen molar-refractivity contribution in [2.75, 3.05) is 32.1 Å². The number of halogens is 4. The number of pyridine rings is 1. The summed E-state index contributed by atoms with van der Waals surface area (Å²) in [4.78, 5) is 28.9. The molecule has 28 heavy (non-hydrogen) atoms. The quantitative estimate of drug-likeness (QED) is 0.671. The van der Waals surface area contributed by atoms with Gasteiger partial charge >= 0.3 is 6.18 Å². The SMILES string of the molecule is CN(CC(F)(F)F)C(=O)CN(C)c1nc(-c2ccnc3[nH]ccc23)ncc1F. The maximum absolute atomic E-state index is 14.2. The van der Waals surface area contributed by atoms with Crippen LogP contribution in [0.2, 0.25) is 0 Å². The highest BCUT2D eigenvalue weighted by atomic mass is 19.4. The summed E-state index contributed by atoms with van der Waals surface area (Å²) in [5.74, 6) is -1.61. The third-order valence-electron chi connectivity index (χ3n) is 4.00. The number of aromatic nitrogens is 4. The van der Waals surface area contributed by atoms with Crippen LogP contribution in [0.25, 0.3) is 22.4 Å². The van der Waals surface area contributed by atoms with Crippen molar-refractivity contribution in [3.8, 4) is 11.4 Å². The van der Waals surface area contributed by atoms with Crippen LogP contribution < -0.4 is 4.90 Å². The summed E-state index contributed by atoms with van der Waals surface area (Å²) >= 11 is 0. The second-order valence-electron chi connectivity index (χ2n) is 6.18. The summed E-state index contributed by atoms with van der Waals surface area (Å²) in [7, 11) is 2.40. The predicted molar refractivity (Wildman–Crippen MR) is 94.0 cm³/mol. The Labute approximate surface area is 157 Å². The van der Waals surface area contributed by atoms with Crippen molar-refractivity contribution in [3.05, 3.63) is 36.5 Å². The number of aromatic amines is 1. The third kappa shape index (κ3) is 4.18. The number of carbonyl (C=O) groups excluding carboxylic acids is 1. The van der Waals surface area contributed by atoms with E-state index in [4.69, 9.17) is 0 Å². The zero-order valence-electron chi connectivity index (χ0n) is 15.0. The Balaban J connectivity index is 1.85. The molecule has 0 aromatic carbocycles. The second kappa shape index (κ2) is 7.41. The first kappa shape index (κ1) is 19.5. The van der Waals surface area contributed by atoms with Gasteiger partial charge in [0, 0.05) is 37.4 Å². The lowest BCUT2D eigenvalue weighted by molar-refractivity contribution is -0.157. The first-order chi connectivity index (χ1) is 13.2. The van der Waals surface area contributed by atoms with E-state index >= 15 is 0 Å². The van der Waals surface area contributed by atoms with Crippen molar-refractivity contribution >= 4 is 22.8 Å². The molecule has 148 valence electrons. The van der Waals surface area contributed by atoms with Gasteiger partial charge in [0.1, 0.15) is 12.2 Å². The van der Waals surface area contributed by atoms with Crippen LogP contribution in [0.3, 0.4) is 0 Å². The molecule has 0 atom stereocenters. The Morgan fingerprint density at radius 3 is 2.68 bits per heavy atom. The van der Waals surface area contributed by atoms with Crippen molar-refractivity contribution in [1.82, 2.24) is 24.8 Å². The van der Waals surface area contributed by atoms with Crippen LogP contribution in [0.5, 0.6) is 0 Å². The smallest absolute Gasteiger partial charge is 0.348 e. The third-order valence-corrected chi connectivity index (χ3v) is 4.00. The molecule has 0 aliphatic rings. The highest BCUT2D eigenvalue weighted by Gasteiger charge is 2.31. The molecular formula is C17H16F4N6O. The molecule has 7 nitrogen and oxygen atoms in total. The number of likely N-dealkylation sites (N-methyl/N-ethyl adjacent to an activating group) is 2. The van der Waals surface area contributed by atoms with Gasteiger partial charge in [-0.15, -0.1) is 0 Å². The van der Waals surface area contributed by atoms with Gasteiger partial charge in [-0.05, 0) is 12.1 Å². The number of fused-ring (bicyclic) bond motifs is 1. The number of hydrogen-bond donors (Lipinski definition) is 1. The van der Waals surface area contributed by atoms with E-state index in [0.29, 0.717) is 16.1 Å². The molecule has 3 aromatic heterocycles. The molecule has 1 N–H and O–H groups in total. The van der Waals surface area contributed by atoms with Crippen molar-refractivity contribution in [1.29, 1.82) is 0 Å². The summed E-state index contributed by atoms with van der Waals surface area (Å²) in [5.41, 5.74) is 1.20. The van der Waals surface area contributed by atoms with Gasteiger partial charge in [0.2, 0.25) is 5.91 Å². The van der Waals surface area contributed by atoms with Gasteiger partial charge in [0.05, 0.1) is 12.7 Å². The van der Waals surface area contributed by atoms with Gasteiger partial charge < -0.3 is 14.8 Å². The predicted octanol–water partition coefficient (Wildman–Crippen LogP) is 2.62. The molecule has 0 saturated carbocycles. The van der Waals surface area contributed by atoms with Gasteiger partial charge in [-0.1, -0.05) is 0 Å². The second-order valence-corrected chi connectivity index (χ2v) is 6.18. The maximum atomic E-state index is 14.2. The molecule has 3 aromatic rings. The molecule has 0 aliphatic carbocycles. The molecule has 0 unspecified atom stereocenters. The standard InChI is InChI=1S/C17H16F4N6O/c1-26(8-13(28)27(2)9-17(19,20)21)16-12(18)7-24-15(25-16)11-4-6-23-14-10(11)3-5-22-14/h3-7H,8-9H2,1-2H3,(H,22,23). The lowest BCUT2D eigenvalue weighted by Gasteiger charge is -2.23. The highest BCUT2D eigenvalue weighted by Crippen LogP contribution is 2.26. The minimum absolute atomic E-state index is 0.195. The minimum Gasteiger partial charge on any atom is -0.348 e. The van der Waals surface area contributed by atoms with E-state index in [1.807, 2.05) is 0 Å². The molecule has 0 radical (unpaired) electrons. The maximum Gasteiger partial charge on any atom is 0.406 e. The Morgan fingerprint density at radius 2 is 1.96 bits per heavy atom. The summed E-state index contributed by atoms with van der Waals surface area (Å²) in [5, 5.41) is 0.726. The number of carbonyl (C=O) groups is 1. The van der Waals surface area contributed by atoms with E-state index < -0.39 is 31.0 Å². The molecular weight excluding hydrogens is 380 g/mol. The monoisotopic (exact) mass is 396 g/mol. The molecule has 3 rings (SSSR count). The Bertz CT molecular complexity index is 1000. The normalized spacial score (nSPS) is 11.6. The fourth-order valence-electron chi connectivity index (χ4n) is 2.67. The van der Waals surface area contributed by atoms with Crippen molar-refractivity contribution in [2.24, 2.45) is 0 Å². The zero-order chi connectivity index (χ0) is 20.5. The number of rotatable bonds is 5. The number of nitrogens with one attached hydrogen (secondary N) is 1. The molecule has 1 amide bonds. The Morgan fingerprint density at radius 1 is 1.21 bits per heavy atom. The van der Waals surface area contributed by atoms with Gasteiger partial charge in [-0.2, -0.15) is 13.2 Å². The Hall–Kier alpha value is -3.24. The number of alkyl halides is 3. The van der Waals surface area contributed by atoms with Gasteiger partial charge in [0.25, 0.3) is 0 Å². The van der Waals surface area contributed by atoms with Crippen LogP contribution in [0.1, 0.15) is 0 Å². The molecule has 0 saturated heterocycles. The summed E-state index contributed by atoms with van der Waals surface area (Å²) in [6.07, 6.45) is -0.330. The average Bonchev–Trinajstić information content (AvgIpc) is 3.09. The van der Waals surface area contributed by atoms with Crippen LogP contribution in [0, 0.1) is 5.82 Å². The van der Waals surface area contributed by atoms with E-state index in [1.54, 1.807) is 24.5 Å². The molecule has 0 bridgehead atoms. The lowest BCUT2D eigenvalue weighted by atomic mass is 10.2. The first-order valence-corrected chi connectivity index (χ1v) is 8.12. The largest absolute Gasteiger partial charge is 0.406 e. The van der Waals surface area contributed by atoms with Crippen LogP contribution >= 0.6 is 0 Å².